The fourth-order valence-corrected chi connectivity index (χ4v) is 2.92. The molecule has 0 radical (unpaired) electrons. The second-order valence-corrected chi connectivity index (χ2v) is 5.83. The van der Waals surface area contributed by atoms with Gasteiger partial charge in [-0.1, -0.05) is 0 Å². The molecular weight excluding hydrogens is 311 g/mol. The van der Waals surface area contributed by atoms with Gasteiger partial charge in [0.25, 0.3) is 5.56 Å². The first-order valence-corrected chi connectivity index (χ1v) is 7.54. The summed E-state index contributed by atoms with van der Waals surface area (Å²) >= 11 is 0. The van der Waals surface area contributed by atoms with Crippen LogP contribution in [0.4, 0.5) is 15.9 Å². The predicted octanol–water partition coefficient (Wildman–Crippen LogP) is 1.18. The molecule has 1 aliphatic heterocycles. The highest BCUT2D eigenvalue weighted by Gasteiger charge is 2.32. The van der Waals surface area contributed by atoms with E-state index in [9.17, 15) is 9.18 Å². The van der Waals surface area contributed by atoms with Crippen LogP contribution >= 0.6 is 0 Å². The Hall–Kier alpha value is -3.03. The van der Waals surface area contributed by atoms with E-state index in [0.717, 1.165) is 30.0 Å². The Labute approximate surface area is 136 Å². The lowest BCUT2D eigenvalue weighted by molar-refractivity contribution is 0.493. The van der Waals surface area contributed by atoms with Crippen molar-refractivity contribution in [3.63, 3.8) is 0 Å². The third-order valence-corrected chi connectivity index (χ3v) is 4.34. The van der Waals surface area contributed by atoms with Gasteiger partial charge in [-0.3, -0.25) is 4.79 Å². The number of rotatable bonds is 3. The fraction of sp³-hybridized carbons (Fsp3) is 0.250. The molecule has 0 spiro atoms. The standard InChI is InChI=1S/C16H15FN6O/c1-22(12-7-23(8-12)11-5-15(24)21-20-6-11)16-13-3-2-10(17)4-14(13)18-9-19-16/h2-6,9,12H,7-8H2,1H3,(H,21,24). The van der Waals surface area contributed by atoms with Crippen molar-refractivity contribution in [1.82, 2.24) is 20.2 Å². The molecule has 8 heteroatoms. The van der Waals surface area contributed by atoms with Crippen LogP contribution in [0.3, 0.4) is 0 Å². The zero-order valence-corrected chi connectivity index (χ0v) is 13.0. The SMILES string of the molecule is CN(c1ncnc2cc(F)ccc12)C1CN(c2cn[nH]c(=O)c2)C1. The molecular formula is C16H15FN6O. The lowest BCUT2D eigenvalue weighted by Gasteiger charge is -2.45. The lowest BCUT2D eigenvalue weighted by Crippen LogP contribution is -2.59. The maximum absolute atomic E-state index is 13.4. The Morgan fingerprint density at radius 1 is 1.29 bits per heavy atom. The third-order valence-electron chi connectivity index (χ3n) is 4.34. The van der Waals surface area contributed by atoms with Crippen LogP contribution in [-0.4, -0.2) is 46.3 Å². The summed E-state index contributed by atoms with van der Waals surface area (Å²) in [5.74, 6) is 0.458. The fourth-order valence-electron chi connectivity index (χ4n) is 2.92. The number of halogens is 1. The van der Waals surface area contributed by atoms with E-state index in [1.165, 1.54) is 24.5 Å². The number of anilines is 2. The van der Waals surface area contributed by atoms with Crippen LogP contribution in [0, 0.1) is 5.82 Å². The summed E-state index contributed by atoms with van der Waals surface area (Å²) in [6.07, 6.45) is 3.09. The summed E-state index contributed by atoms with van der Waals surface area (Å²) in [7, 11) is 1.96. The topological polar surface area (TPSA) is 78.0 Å². The van der Waals surface area contributed by atoms with E-state index in [4.69, 9.17) is 0 Å². The van der Waals surface area contributed by atoms with Gasteiger partial charge in [-0.2, -0.15) is 5.10 Å². The first-order valence-electron chi connectivity index (χ1n) is 7.54. The van der Waals surface area contributed by atoms with E-state index in [1.807, 2.05) is 7.05 Å². The minimum absolute atomic E-state index is 0.215. The molecule has 0 aliphatic carbocycles. The molecule has 1 N–H and O–H groups in total. The van der Waals surface area contributed by atoms with E-state index in [-0.39, 0.29) is 17.4 Å². The molecule has 3 heterocycles. The summed E-state index contributed by atoms with van der Waals surface area (Å²) in [6, 6.07) is 6.30. The van der Waals surface area contributed by atoms with Gasteiger partial charge in [-0.15, -0.1) is 0 Å². The molecule has 0 bridgehead atoms. The predicted molar refractivity (Wildman–Crippen MR) is 88.8 cm³/mol. The molecule has 0 unspecified atom stereocenters. The number of fused-ring (bicyclic) bond motifs is 1. The van der Waals surface area contributed by atoms with Gasteiger partial charge < -0.3 is 9.80 Å². The van der Waals surface area contributed by atoms with Gasteiger partial charge in [-0.25, -0.2) is 19.5 Å². The van der Waals surface area contributed by atoms with Crippen molar-refractivity contribution in [3.05, 3.63) is 53.0 Å². The average Bonchev–Trinajstić information content (AvgIpc) is 2.52. The molecule has 0 atom stereocenters. The van der Waals surface area contributed by atoms with E-state index in [2.05, 4.69) is 30.0 Å². The maximum atomic E-state index is 13.4. The Morgan fingerprint density at radius 3 is 2.92 bits per heavy atom. The molecule has 2 aromatic heterocycles. The zero-order valence-electron chi connectivity index (χ0n) is 13.0. The number of benzene rings is 1. The molecule has 0 saturated carbocycles. The smallest absolute Gasteiger partial charge is 0.266 e. The number of hydrogen-bond acceptors (Lipinski definition) is 6. The first kappa shape index (κ1) is 14.6. The number of likely N-dealkylation sites (N-methyl/N-ethyl adjacent to an activating group) is 1. The van der Waals surface area contributed by atoms with Gasteiger partial charge in [-0.05, 0) is 12.1 Å². The second kappa shape index (κ2) is 5.55. The minimum atomic E-state index is -0.313. The molecule has 24 heavy (non-hydrogen) atoms. The summed E-state index contributed by atoms with van der Waals surface area (Å²) in [5.41, 5.74) is 1.17. The second-order valence-electron chi connectivity index (χ2n) is 5.83. The normalized spacial score (nSPS) is 14.7. The quantitative estimate of drug-likeness (QED) is 0.779. The van der Waals surface area contributed by atoms with Crippen molar-refractivity contribution in [1.29, 1.82) is 0 Å². The lowest BCUT2D eigenvalue weighted by atomic mass is 10.1. The Bertz CT molecular complexity index is 952. The number of nitrogens with zero attached hydrogens (tertiary/aromatic N) is 5. The molecule has 7 nitrogen and oxygen atoms in total. The van der Waals surface area contributed by atoms with Gasteiger partial charge in [0.15, 0.2) is 0 Å². The highest BCUT2D eigenvalue weighted by Crippen LogP contribution is 2.28. The van der Waals surface area contributed by atoms with Crippen LogP contribution in [0.2, 0.25) is 0 Å². The molecule has 3 aromatic rings. The third kappa shape index (κ3) is 2.45. The average molecular weight is 326 g/mol. The first-order chi connectivity index (χ1) is 11.6. The summed E-state index contributed by atoms with van der Waals surface area (Å²) in [4.78, 5) is 24.0. The van der Waals surface area contributed by atoms with Gasteiger partial charge in [0.1, 0.15) is 18.0 Å². The van der Waals surface area contributed by atoms with E-state index in [1.54, 1.807) is 12.3 Å². The summed E-state index contributed by atoms with van der Waals surface area (Å²) < 4.78 is 13.4. The van der Waals surface area contributed by atoms with Gasteiger partial charge in [0.2, 0.25) is 0 Å². The number of aromatic nitrogens is 4. The number of hydrogen-bond donors (Lipinski definition) is 1. The summed E-state index contributed by atoms with van der Waals surface area (Å²) in [6.45, 7) is 1.52. The number of nitrogens with one attached hydrogen (secondary N) is 1. The van der Waals surface area contributed by atoms with Gasteiger partial charge in [0.05, 0.1) is 23.4 Å². The van der Waals surface area contributed by atoms with Gasteiger partial charge >= 0.3 is 0 Å². The Balaban J connectivity index is 1.56. The van der Waals surface area contributed by atoms with Crippen molar-refractivity contribution in [2.75, 3.05) is 29.9 Å². The molecule has 0 amide bonds. The zero-order chi connectivity index (χ0) is 16.7. The minimum Gasteiger partial charge on any atom is -0.366 e. The van der Waals surface area contributed by atoms with Gasteiger partial charge in [0, 0.05) is 37.7 Å². The molecule has 1 aliphatic rings. The van der Waals surface area contributed by atoms with Crippen molar-refractivity contribution in [2.24, 2.45) is 0 Å². The van der Waals surface area contributed by atoms with E-state index >= 15 is 0 Å². The maximum Gasteiger partial charge on any atom is 0.266 e. The molecule has 4 rings (SSSR count). The van der Waals surface area contributed by atoms with Crippen LogP contribution in [0.15, 0.2) is 41.6 Å². The largest absolute Gasteiger partial charge is 0.366 e. The van der Waals surface area contributed by atoms with Crippen LogP contribution in [0.25, 0.3) is 10.9 Å². The number of aromatic amines is 1. The van der Waals surface area contributed by atoms with Crippen LogP contribution in [0.1, 0.15) is 0 Å². The molecule has 1 aromatic carbocycles. The van der Waals surface area contributed by atoms with Crippen LogP contribution in [0.5, 0.6) is 0 Å². The van der Waals surface area contributed by atoms with E-state index in [0.29, 0.717) is 5.52 Å². The monoisotopic (exact) mass is 326 g/mol. The van der Waals surface area contributed by atoms with Crippen molar-refractivity contribution >= 4 is 22.4 Å². The highest BCUT2D eigenvalue weighted by atomic mass is 19.1. The Kier molecular flexibility index (Phi) is 3.37. The van der Waals surface area contributed by atoms with Crippen molar-refractivity contribution in [2.45, 2.75) is 6.04 Å². The van der Waals surface area contributed by atoms with Crippen molar-refractivity contribution < 1.29 is 4.39 Å². The molecule has 1 saturated heterocycles. The van der Waals surface area contributed by atoms with Crippen LogP contribution < -0.4 is 15.4 Å². The molecule has 122 valence electrons. The van der Waals surface area contributed by atoms with Crippen molar-refractivity contribution in [3.8, 4) is 0 Å². The van der Waals surface area contributed by atoms with E-state index < -0.39 is 0 Å². The Morgan fingerprint density at radius 2 is 2.12 bits per heavy atom. The number of H-pyrrole nitrogens is 1. The molecule has 1 fully saturated rings. The highest BCUT2D eigenvalue weighted by molar-refractivity contribution is 5.89. The summed E-state index contributed by atoms with van der Waals surface area (Å²) in [5, 5.41) is 7.00. The van der Waals surface area contributed by atoms with Crippen LogP contribution in [-0.2, 0) is 0 Å².